The summed E-state index contributed by atoms with van der Waals surface area (Å²) in [6.07, 6.45) is -1.55. The molecule has 2 aromatic heterocycles. The van der Waals surface area contributed by atoms with Gasteiger partial charge in [0.2, 0.25) is 5.75 Å². The number of benzene rings is 1. The minimum absolute atomic E-state index is 0.00169. The lowest BCUT2D eigenvalue weighted by molar-refractivity contribution is -0.142. The van der Waals surface area contributed by atoms with Crippen molar-refractivity contribution in [2.45, 2.75) is 12.7 Å². The second kappa shape index (κ2) is 10.5. The fourth-order valence-corrected chi connectivity index (χ4v) is 3.17. The maximum atomic E-state index is 13.5. The highest BCUT2D eigenvalue weighted by atomic mass is 35.5. The molecule has 13 heteroatoms. The Bertz CT molecular complexity index is 1430. The quantitative estimate of drug-likeness (QED) is 0.203. The number of carbonyl (C=O) groups excluding carboxylic acids is 1. The number of alkyl halides is 3. The standard InChI is InChI=1S/C22H12Cl2F3N5O3/c23-15-3-12(7-28)4-17(6-15)35-19-20(22(25,26)27)31-11-32(21(19)34)9-16(29)5-14(10-33)13-1-2-18(24)30-8-13/h1-6,8,10-11,29H,9H2/b14-5+,29-16?. The second-order valence-electron chi connectivity index (χ2n) is 6.85. The molecule has 8 nitrogen and oxygen atoms in total. The molecule has 1 N–H and O–H groups in total. The van der Waals surface area contributed by atoms with E-state index in [1.165, 1.54) is 24.4 Å². The van der Waals surface area contributed by atoms with Gasteiger partial charge >= 0.3 is 6.18 Å². The van der Waals surface area contributed by atoms with Gasteiger partial charge in [-0.25, -0.2) is 9.97 Å². The van der Waals surface area contributed by atoms with E-state index < -0.39 is 29.7 Å². The van der Waals surface area contributed by atoms with E-state index >= 15 is 0 Å². The summed E-state index contributed by atoms with van der Waals surface area (Å²) in [5.41, 5.74) is -2.77. The van der Waals surface area contributed by atoms with Gasteiger partial charge in [-0.05, 0) is 36.4 Å². The van der Waals surface area contributed by atoms with Crippen LogP contribution in [0.5, 0.6) is 11.5 Å². The second-order valence-corrected chi connectivity index (χ2v) is 7.68. The highest BCUT2D eigenvalue weighted by Gasteiger charge is 2.38. The molecule has 0 aliphatic rings. The molecule has 3 aromatic rings. The Morgan fingerprint density at radius 1 is 1.23 bits per heavy atom. The maximum absolute atomic E-state index is 13.5. The predicted octanol–water partition coefficient (Wildman–Crippen LogP) is 4.93. The average molecular weight is 522 g/mol. The predicted molar refractivity (Wildman–Crippen MR) is 121 cm³/mol. The lowest BCUT2D eigenvalue weighted by Gasteiger charge is -2.15. The molecule has 0 spiro atoms. The van der Waals surface area contributed by atoms with Gasteiger partial charge in [-0.1, -0.05) is 23.2 Å². The van der Waals surface area contributed by atoms with Gasteiger partial charge in [0.25, 0.3) is 5.56 Å². The van der Waals surface area contributed by atoms with Crippen LogP contribution in [0.15, 0.2) is 53.7 Å². The molecule has 0 bridgehead atoms. The molecule has 0 saturated carbocycles. The third-order valence-corrected chi connectivity index (χ3v) is 4.79. The summed E-state index contributed by atoms with van der Waals surface area (Å²) >= 11 is 11.6. The third kappa shape index (κ3) is 6.32. The summed E-state index contributed by atoms with van der Waals surface area (Å²) in [5, 5.41) is 17.3. The van der Waals surface area contributed by atoms with Crippen molar-refractivity contribution in [2.75, 3.05) is 0 Å². The Morgan fingerprint density at radius 2 is 1.97 bits per heavy atom. The SMILES string of the molecule is N#Cc1cc(Cl)cc(Oc2c(C(F)(F)F)ncn(CC(=N)/C=C(\C=O)c3ccc(Cl)nc3)c2=O)c1. The van der Waals surface area contributed by atoms with Crippen LogP contribution in [0, 0.1) is 16.7 Å². The molecule has 0 aliphatic heterocycles. The average Bonchev–Trinajstić information content (AvgIpc) is 2.79. The first-order valence-corrected chi connectivity index (χ1v) is 10.2. The third-order valence-electron chi connectivity index (χ3n) is 4.34. The molecule has 2 heterocycles. The fraction of sp³-hybridized carbons (Fsp3) is 0.0909. The lowest BCUT2D eigenvalue weighted by Crippen LogP contribution is -2.28. The summed E-state index contributed by atoms with van der Waals surface area (Å²) < 4.78 is 46.4. The Labute approximate surface area is 205 Å². The number of allylic oxidation sites excluding steroid dienone is 2. The molecule has 1 aromatic carbocycles. The Balaban J connectivity index is 1.99. The number of aromatic nitrogens is 3. The maximum Gasteiger partial charge on any atom is 0.437 e. The largest absolute Gasteiger partial charge is 0.449 e. The molecule has 35 heavy (non-hydrogen) atoms. The number of nitrogens with one attached hydrogen (secondary N) is 1. The number of halogens is 5. The zero-order valence-corrected chi connectivity index (χ0v) is 18.8. The van der Waals surface area contributed by atoms with Gasteiger partial charge in [0.15, 0.2) is 12.0 Å². The summed E-state index contributed by atoms with van der Waals surface area (Å²) in [7, 11) is 0. The van der Waals surface area contributed by atoms with Gasteiger partial charge in [0, 0.05) is 22.4 Å². The first kappa shape index (κ1) is 25.6. The monoisotopic (exact) mass is 521 g/mol. The van der Waals surface area contributed by atoms with Gasteiger partial charge in [0.1, 0.15) is 10.9 Å². The van der Waals surface area contributed by atoms with E-state index in [1.54, 1.807) is 6.07 Å². The van der Waals surface area contributed by atoms with Crippen LogP contribution in [-0.2, 0) is 17.5 Å². The number of hydrogen-bond acceptors (Lipinski definition) is 7. The number of nitriles is 1. The summed E-state index contributed by atoms with van der Waals surface area (Å²) in [6, 6.07) is 8.17. The molecule has 0 amide bonds. The highest BCUT2D eigenvalue weighted by molar-refractivity contribution is 6.30. The van der Waals surface area contributed by atoms with Gasteiger partial charge in [0.05, 0.1) is 30.2 Å². The molecular weight excluding hydrogens is 510 g/mol. The molecule has 0 unspecified atom stereocenters. The van der Waals surface area contributed by atoms with Gasteiger partial charge in [-0.15, -0.1) is 0 Å². The number of rotatable bonds is 7. The summed E-state index contributed by atoms with van der Waals surface area (Å²) in [4.78, 5) is 31.4. The van der Waals surface area contributed by atoms with Gasteiger partial charge < -0.3 is 10.1 Å². The van der Waals surface area contributed by atoms with Gasteiger partial charge in [-0.2, -0.15) is 18.4 Å². The van der Waals surface area contributed by atoms with Crippen molar-refractivity contribution in [1.29, 1.82) is 10.7 Å². The number of carbonyl (C=O) groups is 1. The van der Waals surface area contributed by atoms with Crippen molar-refractivity contribution in [3.8, 4) is 17.6 Å². The van der Waals surface area contributed by atoms with E-state index in [-0.39, 0.29) is 32.8 Å². The fourth-order valence-electron chi connectivity index (χ4n) is 2.83. The first-order chi connectivity index (χ1) is 16.5. The van der Waals surface area contributed by atoms with Crippen LogP contribution in [0.3, 0.4) is 0 Å². The van der Waals surface area contributed by atoms with Gasteiger partial charge in [-0.3, -0.25) is 14.2 Å². The number of hydrogen-bond donors (Lipinski definition) is 1. The smallest absolute Gasteiger partial charge is 0.437 e. The van der Waals surface area contributed by atoms with E-state index in [2.05, 4.69) is 9.97 Å². The number of ether oxygens (including phenoxy) is 1. The van der Waals surface area contributed by atoms with Crippen LogP contribution < -0.4 is 10.3 Å². The molecule has 0 aliphatic carbocycles. The minimum Gasteiger partial charge on any atom is -0.449 e. The van der Waals surface area contributed by atoms with Crippen molar-refractivity contribution in [1.82, 2.24) is 14.5 Å². The number of aldehydes is 1. The van der Waals surface area contributed by atoms with Crippen molar-refractivity contribution < 1.29 is 22.7 Å². The van der Waals surface area contributed by atoms with Crippen LogP contribution in [0.25, 0.3) is 5.57 Å². The molecule has 3 rings (SSSR count). The van der Waals surface area contributed by atoms with Crippen LogP contribution in [-0.4, -0.2) is 26.5 Å². The summed E-state index contributed by atoms with van der Waals surface area (Å²) in [5.74, 6) is -1.45. The Kier molecular flexibility index (Phi) is 7.68. The van der Waals surface area contributed by atoms with Crippen LogP contribution >= 0.6 is 23.2 Å². The van der Waals surface area contributed by atoms with Crippen molar-refractivity contribution in [2.24, 2.45) is 0 Å². The highest BCUT2D eigenvalue weighted by Crippen LogP contribution is 2.35. The Hall–Kier alpha value is -4.01. The zero-order valence-electron chi connectivity index (χ0n) is 17.3. The van der Waals surface area contributed by atoms with E-state index in [1.807, 2.05) is 0 Å². The summed E-state index contributed by atoms with van der Waals surface area (Å²) in [6.45, 7) is -0.530. The number of nitrogens with zero attached hydrogens (tertiary/aromatic N) is 4. The topological polar surface area (TPSA) is 122 Å². The van der Waals surface area contributed by atoms with E-state index in [0.717, 1.165) is 18.2 Å². The van der Waals surface area contributed by atoms with Crippen LogP contribution in [0.1, 0.15) is 16.8 Å². The molecule has 0 atom stereocenters. The molecule has 0 fully saturated rings. The molecule has 0 radical (unpaired) electrons. The van der Waals surface area contributed by atoms with E-state index in [9.17, 15) is 22.8 Å². The van der Waals surface area contributed by atoms with E-state index in [4.69, 9.17) is 38.6 Å². The first-order valence-electron chi connectivity index (χ1n) is 9.43. The van der Waals surface area contributed by atoms with E-state index in [0.29, 0.717) is 22.7 Å². The molecular formula is C22H12Cl2F3N5O3. The number of pyridine rings is 1. The van der Waals surface area contributed by atoms with Crippen LogP contribution in [0.2, 0.25) is 10.2 Å². The lowest BCUT2D eigenvalue weighted by atomic mass is 10.1. The molecule has 178 valence electrons. The van der Waals surface area contributed by atoms with Crippen molar-refractivity contribution >= 4 is 40.8 Å². The van der Waals surface area contributed by atoms with Crippen LogP contribution in [0.4, 0.5) is 13.2 Å². The Morgan fingerprint density at radius 3 is 2.57 bits per heavy atom. The van der Waals surface area contributed by atoms with Crippen molar-refractivity contribution in [3.05, 3.63) is 86.3 Å². The zero-order chi connectivity index (χ0) is 25.8. The normalized spacial score (nSPS) is 11.6. The van der Waals surface area contributed by atoms with Crippen molar-refractivity contribution in [3.63, 3.8) is 0 Å². The molecule has 0 saturated heterocycles. The minimum atomic E-state index is -5.04.